The van der Waals surface area contributed by atoms with Crippen molar-refractivity contribution in [2.75, 3.05) is 60.1 Å². The van der Waals surface area contributed by atoms with Crippen molar-refractivity contribution < 1.29 is 32.8 Å². The van der Waals surface area contributed by atoms with Crippen LogP contribution in [0.3, 0.4) is 0 Å². The number of fused-ring (bicyclic) bond motifs is 1. The van der Waals surface area contributed by atoms with Gasteiger partial charge in [0.15, 0.2) is 5.82 Å². The molecule has 3 saturated heterocycles. The first-order chi connectivity index (χ1) is 29.5. The molecule has 0 saturated carbocycles. The van der Waals surface area contributed by atoms with Crippen LogP contribution in [0.5, 0.6) is 0 Å². The molecule has 5 amide bonds. The van der Waals surface area contributed by atoms with Crippen LogP contribution in [0.15, 0.2) is 79.1 Å². The van der Waals surface area contributed by atoms with Crippen LogP contribution in [-0.4, -0.2) is 106 Å². The van der Waals surface area contributed by atoms with Crippen molar-refractivity contribution in [1.82, 2.24) is 30.3 Å². The van der Waals surface area contributed by atoms with E-state index in [2.05, 4.69) is 41.3 Å². The van der Waals surface area contributed by atoms with Crippen molar-refractivity contribution >= 4 is 63.3 Å². The summed E-state index contributed by atoms with van der Waals surface area (Å²) >= 11 is 0. The number of carbonyl (C=O) groups is 5. The summed E-state index contributed by atoms with van der Waals surface area (Å²) in [5, 5.41) is 19.7. The first-order valence-electron chi connectivity index (χ1n) is 20.5. The fourth-order valence-corrected chi connectivity index (χ4v) is 8.14. The summed E-state index contributed by atoms with van der Waals surface area (Å²) in [4.78, 5) is 73.4. The molecule has 0 radical (unpaired) electrons. The van der Waals surface area contributed by atoms with Gasteiger partial charge in [-0.2, -0.15) is 5.10 Å². The van der Waals surface area contributed by atoms with Crippen LogP contribution in [0, 0.1) is 11.6 Å². The van der Waals surface area contributed by atoms with E-state index in [0.717, 1.165) is 23.0 Å². The van der Waals surface area contributed by atoms with Gasteiger partial charge in [-0.1, -0.05) is 6.07 Å². The molecular formula is C44H46F2N10O5. The third-order valence-corrected chi connectivity index (χ3v) is 11.5. The highest BCUT2D eigenvalue weighted by Gasteiger charge is 2.28. The van der Waals surface area contributed by atoms with Crippen molar-refractivity contribution in [3.05, 3.63) is 107 Å². The van der Waals surface area contributed by atoms with E-state index in [9.17, 15) is 32.8 Å². The standard InChI is InChI=1S/C44H46F2N10O5/c45-29-22-28(23-30(46)25-29)21-27-1-6-36-35(24-27)42(53-52-36)51-43(60)34-11-14-47-26-38(34)49-32-12-15-55(16-13-32)40(58)9-10-41(59)56-19-17-54(18-20-56)33-4-2-31(3-5-33)48-37-7-8-39(57)50-44(37)61/h1-6,11,14,22-26,32,37,48-49H,7-10,12-13,15-21H2,(H,50,57,61)(H2,51,52,53,60). The highest BCUT2D eigenvalue weighted by Crippen LogP contribution is 2.27. The van der Waals surface area contributed by atoms with Crippen molar-refractivity contribution in [2.45, 2.75) is 57.0 Å². The molecule has 5 N–H and O–H groups in total. The maximum atomic E-state index is 13.8. The number of hydrogen-bond donors (Lipinski definition) is 5. The van der Waals surface area contributed by atoms with Crippen LogP contribution < -0.4 is 26.2 Å². The number of nitrogens with zero attached hydrogens (tertiary/aromatic N) is 5. The Hall–Kier alpha value is -6.91. The first kappa shape index (κ1) is 40.9. The smallest absolute Gasteiger partial charge is 0.259 e. The third-order valence-electron chi connectivity index (χ3n) is 11.5. The summed E-state index contributed by atoms with van der Waals surface area (Å²) in [5.41, 5.74) is 4.67. The molecule has 3 aromatic carbocycles. The van der Waals surface area contributed by atoms with Gasteiger partial charge in [0.25, 0.3) is 5.91 Å². The molecular weight excluding hydrogens is 787 g/mol. The molecule has 3 aliphatic heterocycles. The number of likely N-dealkylation sites (tertiary alicyclic amines) is 1. The zero-order valence-electron chi connectivity index (χ0n) is 33.4. The molecule has 0 spiro atoms. The molecule has 5 heterocycles. The molecule has 316 valence electrons. The molecule has 3 fully saturated rings. The zero-order chi connectivity index (χ0) is 42.5. The Morgan fingerprint density at radius 2 is 1.48 bits per heavy atom. The van der Waals surface area contributed by atoms with Crippen LogP contribution >= 0.6 is 0 Å². The lowest BCUT2D eigenvalue weighted by molar-refractivity contribution is -0.137. The Morgan fingerprint density at radius 3 is 2.18 bits per heavy atom. The summed E-state index contributed by atoms with van der Waals surface area (Å²) in [7, 11) is 0. The Balaban J connectivity index is 0.774. The number of piperidine rings is 2. The monoisotopic (exact) mass is 832 g/mol. The number of amides is 5. The number of piperazine rings is 1. The van der Waals surface area contributed by atoms with Gasteiger partial charge in [-0.25, -0.2) is 8.78 Å². The number of imide groups is 1. The fourth-order valence-electron chi connectivity index (χ4n) is 8.14. The number of rotatable bonds is 12. The number of aromatic nitrogens is 3. The molecule has 1 atom stereocenters. The average molecular weight is 833 g/mol. The van der Waals surface area contributed by atoms with E-state index in [0.29, 0.717) is 98.5 Å². The second-order valence-electron chi connectivity index (χ2n) is 15.6. The molecule has 15 nitrogen and oxygen atoms in total. The van der Waals surface area contributed by atoms with Crippen molar-refractivity contribution in [3.8, 4) is 0 Å². The topological polar surface area (TPSA) is 185 Å². The summed E-state index contributed by atoms with van der Waals surface area (Å²) in [6, 6.07) is 17.8. The lowest BCUT2D eigenvalue weighted by Gasteiger charge is -2.36. The molecule has 8 rings (SSSR count). The van der Waals surface area contributed by atoms with Crippen LogP contribution in [-0.2, 0) is 25.6 Å². The molecule has 3 aliphatic rings. The minimum Gasteiger partial charge on any atom is -0.380 e. The van der Waals surface area contributed by atoms with E-state index >= 15 is 0 Å². The van der Waals surface area contributed by atoms with Crippen LogP contribution in [0.1, 0.15) is 60.0 Å². The lowest BCUT2D eigenvalue weighted by Crippen LogP contribution is -2.49. The summed E-state index contributed by atoms with van der Waals surface area (Å²) in [5.74, 6) is -2.05. The number of anilines is 4. The molecule has 0 bridgehead atoms. The maximum Gasteiger partial charge on any atom is 0.259 e. The van der Waals surface area contributed by atoms with E-state index in [4.69, 9.17) is 0 Å². The first-order valence-corrected chi connectivity index (χ1v) is 20.5. The van der Waals surface area contributed by atoms with Gasteiger partial charge in [0.2, 0.25) is 23.6 Å². The normalized spacial score (nSPS) is 17.3. The zero-order valence-corrected chi connectivity index (χ0v) is 33.4. The number of benzene rings is 3. The van der Waals surface area contributed by atoms with E-state index in [1.807, 2.05) is 41.3 Å². The number of aromatic amines is 1. The quantitative estimate of drug-likeness (QED) is 0.109. The summed E-state index contributed by atoms with van der Waals surface area (Å²) in [6.45, 7) is 3.44. The van der Waals surface area contributed by atoms with Crippen molar-refractivity contribution in [3.63, 3.8) is 0 Å². The van der Waals surface area contributed by atoms with Gasteiger partial charge in [-0.3, -0.25) is 39.4 Å². The predicted molar refractivity (Wildman–Crippen MR) is 225 cm³/mol. The molecule has 61 heavy (non-hydrogen) atoms. The Morgan fingerprint density at radius 1 is 0.770 bits per heavy atom. The summed E-state index contributed by atoms with van der Waals surface area (Å²) in [6.07, 6.45) is 5.75. The Labute approximate surface area is 350 Å². The molecule has 5 aromatic rings. The van der Waals surface area contributed by atoms with Gasteiger partial charge in [0.1, 0.15) is 17.7 Å². The lowest BCUT2D eigenvalue weighted by atomic mass is 10.0. The van der Waals surface area contributed by atoms with Gasteiger partial charge in [-0.05, 0) is 91.4 Å². The molecule has 1 unspecified atom stereocenters. The second-order valence-corrected chi connectivity index (χ2v) is 15.6. The van der Waals surface area contributed by atoms with Crippen LogP contribution in [0.25, 0.3) is 10.9 Å². The largest absolute Gasteiger partial charge is 0.380 e. The highest BCUT2D eigenvalue weighted by molar-refractivity contribution is 6.10. The average Bonchev–Trinajstić information content (AvgIpc) is 3.65. The molecule has 2 aromatic heterocycles. The van der Waals surface area contributed by atoms with Gasteiger partial charge >= 0.3 is 0 Å². The van der Waals surface area contributed by atoms with Crippen LogP contribution in [0.4, 0.5) is 31.7 Å². The molecule has 0 aliphatic carbocycles. The van der Waals surface area contributed by atoms with E-state index in [1.165, 1.54) is 18.3 Å². The van der Waals surface area contributed by atoms with Gasteiger partial charge < -0.3 is 30.7 Å². The van der Waals surface area contributed by atoms with E-state index in [1.54, 1.807) is 23.2 Å². The SMILES string of the molecule is O=C1CCC(Nc2ccc(N3CCN(C(=O)CCC(=O)N4CCC(Nc5cnccc5C(=O)Nc5n[nH]c6ccc(Cc7cc(F)cc(F)c7)cc56)CC4)CC3)cc2)C(=O)N1. The number of carbonyl (C=O) groups excluding carboxylic acids is 5. The number of nitrogens with one attached hydrogen (secondary N) is 5. The number of pyridine rings is 1. The van der Waals surface area contributed by atoms with Crippen LogP contribution in [0.2, 0.25) is 0 Å². The predicted octanol–water partition coefficient (Wildman–Crippen LogP) is 4.83. The van der Waals surface area contributed by atoms with E-state index in [-0.39, 0.29) is 48.9 Å². The summed E-state index contributed by atoms with van der Waals surface area (Å²) < 4.78 is 27.6. The minimum atomic E-state index is -0.648. The number of hydrogen-bond acceptors (Lipinski definition) is 10. The number of halogens is 2. The van der Waals surface area contributed by atoms with Crippen molar-refractivity contribution in [1.29, 1.82) is 0 Å². The van der Waals surface area contributed by atoms with E-state index < -0.39 is 23.6 Å². The Kier molecular flexibility index (Phi) is 12.2. The fraction of sp³-hybridized carbons (Fsp3) is 0.341. The van der Waals surface area contributed by atoms with Crippen molar-refractivity contribution in [2.24, 2.45) is 0 Å². The minimum absolute atomic E-state index is 0.0167. The molecule has 17 heteroatoms. The van der Waals surface area contributed by atoms with Gasteiger partial charge in [-0.15, -0.1) is 0 Å². The van der Waals surface area contributed by atoms with Gasteiger partial charge in [0.05, 0.1) is 23.0 Å². The highest BCUT2D eigenvalue weighted by atomic mass is 19.1. The number of H-pyrrole nitrogens is 1. The maximum absolute atomic E-state index is 13.8. The third kappa shape index (κ3) is 9.94. The second kappa shape index (κ2) is 18.1. The van der Waals surface area contributed by atoms with Gasteiger partial charge in [0, 0.05) is 93.6 Å². The Bertz CT molecular complexity index is 2420.